The smallest absolute Gasteiger partial charge is 0.122 e. The third-order valence-electron chi connectivity index (χ3n) is 2.24. The van der Waals surface area contributed by atoms with Crippen molar-refractivity contribution in [1.29, 1.82) is 0 Å². The van der Waals surface area contributed by atoms with Gasteiger partial charge in [-0.15, -0.1) is 0 Å². The molecular formula is C12H17BrO2. The highest BCUT2D eigenvalue weighted by Crippen LogP contribution is 2.24. The molecule has 0 aliphatic heterocycles. The predicted octanol–water partition coefficient (Wildman–Crippen LogP) is 3.42. The first kappa shape index (κ1) is 12.4. The van der Waals surface area contributed by atoms with Crippen molar-refractivity contribution in [2.75, 3.05) is 14.2 Å². The van der Waals surface area contributed by atoms with Gasteiger partial charge in [-0.05, 0) is 30.5 Å². The average Bonchev–Trinajstić information content (AvgIpc) is 2.25. The summed E-state index contributed by atoms with van der Waals surface area (Å²) in [7, 11) is 3.34. The summed E-state index contributed by atoms with van der Waals surface area (Å²) in [6.45, 7) is 2.15. The number of aryl methyl sites for hydroxylation is 1. The number of hydrogen-bond acceptors (Lipinski definition) is 2. The van der Waals surface area contributed by atoms with E-state index in [1.165, 1.54) is 5.56 Å². The Morgan fingerprint density at radius 1 is 1.13 bits per heavy atom. The lowest BCUT2D eigenvalue weighted by atomic mass is 10.1. The lowest BCUT2D eigenvalue weighted by Gasteiger charge is -2.09. The van der Waals surface area contributed by atoms with Gasteiger partial charge in [0.2, 0.25) is 0 Å². The van der Waals surface area contributed by atoms with Crippen LogP contribution in [0.5, 0.6) is 11.5 Å². The first-order valence-electron chi connectivity index (χ1n) is 5.01. The molecule has 3 heteroatoms. The SMILES string of the molecule is COc1cc(CCC(C)Br)cc(OC)c1. The number of alkyl halides is 1. The van der Waals surface area contributed by atoms with Crippen LogP contribution in [-0.4, -0.2) is 19.0 Å². The van der Waals surface area contributed by atoms with Gasteiger partial charge in [0.25, 0.3) is 0 Å². The fourth-order valence-electron chi connectivity index (χ4n) is 1.38. The minimum Gasteiger partial charge on any atom is -0.497 e. The Bertz CT molecular complexity index is 288. The zero-order chi connectivity index (χ0) is 11.3. The summed E-state index contributed by atoms with van der Waals surface area (Å²) >= 11 is 3.54. The molecule has 0 bridgehead atoms. The number of benzene rings is 1. The van der Waals surface area contributed by atoms with Crippen molar-refractivity contribution in [3.8, 4) is 11.5 Å². The molecule has 0 aromatic heterocycles. The summed E-state index contributed by atoms with van der Waals surface area (Å²) in [5.41, 5.74) is 1.25. The normalized spacial score (nSPS) is 12.3. The summed E-state index contributed by atoms with van der Waals surface area (Å²) < 4.78 is 10.4. The highest BCUT2D eigenvalue weighted by Gasteiger charge is 2.03. The molecule has 0 saturated heterocycles. The van der Waals surface area contributed by atoms with Gasteiger partial charge in [0.1, 0.15) is 11.5 Å². The monoisotopic (exact) mass is 272 g/mol. The fourth-order valence-corrected chi connectivity index (χ4v) is 1.61. The summed E-state index contributed by atoms with van der Waals surface area (Å²) in [5, 5.41) is 0. The van der Waals surface area contributed by atoms with Crippen molar-refractivity contribution in [3.63, 3.8) is 0 Å². The Kier molecular flexibility index (Phi) is 4.95. The second-order valence-corrected chi connectivity index (χ2v) is 5.10. The third kappa shape index (κ3) is 4.12. The van der Waals surface area contributed by atoms with Gasteiger partial charge in [-0.3, -0.25) is 0 Å². The Morgan fingerprint density at radius 3 is 2.07 bits per heavy atom. The lowest BCUT2D eigenvalue weighted by Crippen LogP contribution is -1.96. The molecule has 0 N–H and O–H groups in total. The number of methoxy groups -OCH3 is 2. The molecule has 0 heterocycles. The molecule has 0 fully saturated rings. The molecule has 2 nitrogen and oxygen atoms in total. The first-order valence-corrected chi connectivity index (χ1v) is 5.93. The van der Waals surface area contributed by atoms with Crippen LogP contribution in [-0.2, 0) is 6.42 Å². The molecule has 1 rings (SSSR count). The molecular weight excluding hydrogens is 256 g/mol. The molecule has 0 aliphatic carbocycles. The van der Waals surface area contributed by atoms with Crippen molar-refractivity contribution in [2.24, 2.45) is 0 Å². The summed E-state index contributed by atoms with van der Waals surface area (Å²) in [5.74, 6) is 1.71. The van der Waals surface area contributed by atoms with Crippen molar-refractivity contribution in [1.82, 2.24) is 0 Å². The van der Waals surface area contributed by atoms with Gasteiger partial charge >= 0.3 is 0 Å². The van der Waals surface area contributed by atoms with Crippen LogP contribution in [0.25, 0.3) is 0 Å². The maximum Gasteiger partial charge on any atom is 0.122 e. The Labute approximate surface area is 99.7 Å². The Balaban J connectivity index is 2.77. The van der Waals surface area contributed by atoms with Gasteiger partial charge < -0.3 is 9.47 Å². The first-order chi connectivity index (χ1) is 7.15. The van der Waals surface area contributed by atoms with E-state index in [1.807, 2.05) is 6.07 Å². The molecule has 0 aliphatic rings. The van der Waals surface area contributed by atoms with Gasteiger partial charge in [-0.2, -0.15) is 0 Å². The molecule has 84 valence electrons. The topological polar surface area (TPSA) is 18.5 Å². The largest absolute Gasteiger partial charge is 0.497 e. The molecule has 1 aromatic carbocycles. The highest BCUT2D eigenvalue weighted by molar-refractivity contribution is 9.09. The van der Waals surface area contributed by atoms with Gasteiger partial charge in [0, 0.05) is 10.9 Å². The van der Waals surface area contributed by atoms with Crippen molar-refractivity contribution < 1.29 is 9.47 Å². The van der Waals surface area contributed by atoms with Crippen LogP contribution in [0.4, 0.5) is 0 Å². The second-order valence-electron chi connectivity index (χ2n) is 3.54. The van der Waals surface area contributed by atoms with Crippen LogP contribution >= 0.6 is 15.9 Å². The van der Waals surface area contributed by atoms with E-state index < -0.39 is 0 Å². The number of hydrogen-bond donors (Lipinski definition) is 0. The summed E-state index contributed by atoms with van der Waals surface area (Å²) in [6.07, 6.45) is 2.14. The zero-order valence-electron chi connectivity index (χ0n) is 9.42. The zero-order valence-corrected chi connectivity index (χ0v) is 11.0. The van der Waals surface area contributed by atoms with E-state index in [-0.39, 0.29) is 0 Å². The summed E-state index contributed by atoms with van der Waals surface area (Å²) in [4.78, 5) is 0.537. The van der Waals surface area contributed by atoms with E-state index in [1.54, 1.807) is 14.2 Å². The van der Waals surface area contributed by atoms with E-state index in [0.717, 1.165) is 24.3 Å². The molecule has 1 aromatic rings. The van der Waals surface area contributed by atoms with Crippen LogP contribution in [0, 0.1) is 0 Å². The van der Waals surface area contributed by atoms with Gasteiger partial charge in [0.15, 0.2) is 0 Å². The molecule has 15 heavy (non-hydrogen) atoms. The quantitative estimate of drug-likeness (QED) is 0.765. The average molecular weight is 273 g/mol. The van der Waals surface area contributed by atoms with Crippen LogP contribution in [0.1, 0.15) is 18.9 Å². The van der Waals surface area contributed by atoms with Crippen LogP contribution in [0.3, 0.4) is 0 Å². The minimum atomic E-state index is 0.537. The van der Waals surface area contributed by atoms with Crippen molar-refractivity contribution in [3.05, 3.63) is 23.8 Å². The fraction of sp³-hybridized carbons (Fsp3) is 0.500. The van der Waals surface area contributed by atoms with Gasteiger partial charge in [0.05, 0.1) is 14.2 Å². The van der Waals surface area contributed by atoms with Crippen LogP contribution in [0.15, 0.2) is 18.2 Å². The maximum absolute atomic E-state index is 5.21. The van der Waals surface area contributed by atoms with E-state index in [4.69, 9.17) is 9.47 Å². The molecule has 1 unspecified atom stereocenters. The number of ether oxygens (including phenoxy) is 2. The maximum atomic E-state index is 5.21. The predicted molar refractivity (Wildman–Crippen MR) is 66.3 cm³/mol. The molecule has 0 spiro atoms. The van der Waals surface area contributed by atoms with E-state index in [9.17, 15) is 0 Å². The highest BCUT2D eigenvalue weighted by atomic mass is 79.9. The Morgan fingerprint density at radius 2 is 1.67 bits per heavy atom. The molecule has 1 atom stereocenters. The summed E-state index contributed by atoms with van der Waals surface area (Å²) in [6, 6.07) is 6.00. The minimum absolute atomic E-state index is 0.537. The molecule has 0 saturated carbocycles. The van der Waals surface area contributed by atoms with Crippen molar-refractivity contribution in [2.45, 2.75) is 24.6 Å². The van der Waals surface area contributed by atoms with Crippen molar-refractivity contribution >= 4 is 15.9 Å². The Hall–Kier alpha value is -0.700. The number of rotatable bonds is 5. The van der Waals surface area contributed by atoms with Gasteiger partial charge in [-0.1, -0.05) is 22.9 Å². The van der Waals surface area contributed by atoms with E-state index in [2.05, 4.69) is 35.0 Å². The van der Waals surface area contributed by atoms with Crippen LogP contribution in [0.2, 0.25) is 0 Å². The third-order valence-corrected chi connectivity index (χ3v) is 2.70. The molecule has 0 radical (unpaired) electrons. The molecule has 0 amide bonds. The van der Waals surface area contributed by atoms with E-state index >= 15 is 0 Å². The second kappa shape index (κ2) is 6.01. The standard InChI is InChI=1S/C12H17BrO2/c1-9(13)4-5-10-6-11(14-2)8-12(7-10)15-3/h6-9H,4-5H2,1-3H3. The van der Waals surface area contributed by atoms with E-state index in [0.29, 0.717) is 4.83 Å². The lowest BCUT2D eigenvalue weighted by molar-refractivity contribution is 0.393. The van der Waals surface area contributed by atoms with Gasteiger partial charge in [-0.25, -0.2) is 0 Å². The number of halogens is 1. The van der Waals surface area contributed by atoms with Crippen LogP contribution < -0.4 is 9.47 Å².